The van der Waals surface area contributed by atoms with E-state index >= 15 is 0 Å². The second-order valence-corrected chi connectivity index (χ2v) is 5.15. The number of hydrogen-bond donors (Lipinski definition) is 0. The van der Waals surface area contributed by atoms with Gasteiger partial charge in [0, 0.05) is 17.2 Å². The molecule has 0 saturated heterocycles. The summed E-state index contributed by atoms with van der Waals surface area (Å²) < 4.78 is 0.853. The Morgan fingerprint density at radius 1 is 1.17 bits per heavy atom. The van der Waals surface area contributed by atoms with E-state index in [1.54, 1.807) is 30.1 Å². The third-order valence-electron chi connectivity index (χ3n) is 2.61. The predicted molar refractivity (Wildman–Crippen MR) is 78.3 cm³/mol. The average molecular weight is 325 g/mol. The van der Waals surface area contributed by atoms with Crippen molar-refractivity contribution in [2.45, 2.75) is 0 Å². The molecule has 4 heteroatoms. The highest BCUT2D eigenvalue weighted by Gasteiger charge is 2.16. The minimum absolute atomic E-state index is 0.126. The van der Waals surface area contributed by atoms with Gasteiger partial charge in [-0.05, 0) is 30.3 Å². The number of carbonyl (C=O) groups excluding carboxylic acids is 1. The lowest BCUT2D eigenvalue weighted by Gasteiger charge is -2.18. The number of halogens is 2. The quantitative estimate of drug-likeness (QED) is 0.803. The van der Waals surface area contributed by atoms with Crippen molar-refractivity contribution in [1.29, 1.82) is 0 Å². The number of carbonyl (C=O) groups is 1. The second-order valence-electron chi connectivity index (χ2n) is 3.82. The van der Waals surface area contributed by atoms with E-state index in [1.165, 1.54) is 0 Å². The molecule has 0 bridgehead atoms. The molecule has 0 aliphatic rings. The van der Waals surface area contributed by atoms with Gasteiger partial charge >= 0.3 is 0 Å². The summed E-state index contributed by atoms with van der Waals surface area (Å²) in [6, 6.07) is 14.7. The normalized spacial score (nSPS) is 10.2. The molecule has 0 saturated carbocycles. The van der Waals surface area contributed by atoms with Crippen molar-refractivity contribution in [3.63, 3.8) is 0 Å². The lowest BCUT2D eigenvalue weighted by Crippen LogP contribution is -2.26. The van der Waals surface area contributed by atoms with Crippen LogP contribution in [0.4, 0.5) is 5.69 Å². The number of amides is 1. The molecule has 2 aromatic carbocycles. The van der Waals surface area contributed by atoms with E-state index in [-0.39, 0.29) is 5.91 Å². The van der Waals surface area contributed by atoms with Crippen LogP contribution >= 0.6 is 27.5 Å². The maximum Gasteiger partial charge on any atom is 0.259 e. The van der Waals surface area contributed by atoms with Crippen molar-refractivity contribution in [1.82, 2.24) is 0 Å². The van der Waals surface area contributed by atoms with Gasteiger partial charge in [-0.3, -0.25) is 4.79 Å². The van der Waals surface area contributed by atoms with E-state index in [1.807, 2.05) is 30.3 Å². The lowest BCUT2D eigenvalue weighted by molar-refractivity contribution is 0.0993. The van der Waals surface area contributed by atoms with Crippen LogP contribution in [0.3, 0.4) is 0 Å². The highest BCUT2D eigenvalue weighted by molar-refractivity contribution is 9.10. The Balaban J connectivity index is 2.32. The zero-order valence-electron chi connectivity index (χ0n) is 9.73. The van der Waals surface area contributed by atoms with Gasteiger partial charge in [-0.2, -0.15) is 0 Å². The molecule has 1 amide bonds. The van der Waals surface area contributed by atoms with Gasteiger partial charge in [-0.25, -0.2) is 0 Å². The summed E-state index contributed by atoms with van der Waals surface area (Å²) in [5.74, 6) is -0.126. The standard InChI is InChI=1S/C14H11BrClNO/c1-17(11-5-3-2-4-6-11)14(18)12-8-7-10(15)9-13(12)16/h2-9H,1H3. The molecule has 0 aliphatic heterocycles. The summed E-state index contributed by atoms with van der Waals surface area (Å²) in [6.45, 7) is 0. The van der Waals surface area contributed by atoms with Crippen LogP contribution in [0.15, 0.2) is 53.0 Å². The first-order valence-corrected chi connectivity index (χ1v) is 6.55. The summed E-state index contributed by atoms with van der Waals surface area (Å²) in [4.78, 5) is 13.9. The number of nitrogens with zero attached hydrogens (tertiary/aromatic N) is 1. The van der Waals surface area contributed by atoms with E-state index in [4.69, 9.17) is 11.6 Å². The monoisotopic (exact) mass is 323 g/mol. The molecular weight excluding hydrogens is 314 g/mol. The van der Waals surface area contributed by atoms with Gasteiger partial charge in [0.05, 0.1) is 10.6 Å². The first-order chi connectivity index (χ1) is 8.59. The summed E-state index contributed by atoms with van der Waals surface area (Å²) in [7, 11) is 1.73. The number of hydrogen-bond acceptors (Lipinski definition) is 1. The van der Waals surface area contributed by atoms with Crippen LogP contribution in [0.5, 0.6) is 0 Å². The highest BCUT2D eigenvalue weighted by Crippen LogP contribution is 2.24. The Morgan fingerprint density at radius 2 is 1.83 bits per heavy atom. The van der Waals surface area contributed by atoms with E-state index in [0.717, 1.165) is 10.2 Å². The third-order valence-corrected chi connectivity index (χ3v) is 3.42. The predicted octanol–water partition coefficient (Wildman–Crippen LogP) is 4.38. The first kappa shape index (κ1) is 13.1. The van der Waals surface area contributed by atoms with E-state index < -0.39 is 0 Å². The third kappa shape index (κ3) is 2.74. The lowest BCUT2D eigenvalue weighted by atomic mass is 10.2. The van der Waals surface area contributed by atoms with Gasteiger partial charge in [-0.1, -0.05) is 45.7 Å². The number of anilines is 1. The van der Waals surface area contributed by atoms with Crippen molar-refractivity contribution >= 4 is 39.1 Å². The molecule has 18 heavy (non-hydrogen) atoms. The van der Waals surface area contributed by atoms with Crippen LogP contribution in [0.2, 0.25) is 5.02 Å². The largest absolute Gasteiger partial charge is 0.311 e. The van der Waals surface area contributed by atoms with Gasteiger partial charge in [0.25, 0.3) is 5.91 Å². The number of rotatable bonds is 2. The highest BCUT2D eigenvalue weighted by atomic mass is 79.9. The molecule has 2 aromatic rings. The van der Waals surface area contributed by atoms with Gasteiger partial charge < -0.3 is 4.90 Å². The molecule has 0 spiro atoms. The van der Waals surface area contributed by atoms with Crippen LogP contribution in [-0.2, 0) is 0 Å². The molecule has 92 valence electrons. The minimum atomic E-state index is -0.126. The van der Waals surface area contributed by atoms with E-state index in [9.17, 15) is 4.79 Å². The Labute approximate surface area is 119 Å². The Morgan fingerprint density at radius 3 is 2.44 bits per heavy atom. The molecule has 0 atom stereocenters. The first-order valence-electron chi connectivity index (χ1n) is 5.38. The maximum absolute atomic E-state index is 12.3. The fourth-order valence-electron chi connectivity index (χ4n) is 1.61. The Kier molecular flexibility index (Phi) is 4.04. The summed E-state index contributed by atoms with van der Waals surface area (Å²) in [6.07, 6.45) is 0. The van der Waals surface area contributed by atoms with Crippen LogP contribution in [0, 0.1) is 0 Å². The van der Waals surface area contributed by atoms with Crippen LogP contribution in [0.1, 0.15) is 10.4 Å². The van der Waals surface area contributed by atoms with Crippen LogP contribution in [-0.4, -0.2) is 13.0 Å². The van der Waals surface area contributed by atoms with Crippen LogP contribution in [0.25, 0.3) is 0 Å². The van der Waals surface area contributed by atoms with Crippen LogP contribution < -0.4 is 4.90 Å². The van der Waals surface area contributed by atoms with E-state index in [0.29, 0.717) is 10.6 Å². The fraction of sp³-hybridized carbons (Fsp3) is 0.0714. The number of benzene rings is 2. The van der Waals surface area contributed by atoms with Gasteiger partial charge in [-0.15, -0.1) is 0 Å². The molecule has 0 aliphatic carbocycles. The summed E-state index contributed by atoms with van der Waals surface area (Å²) in [5, 5.41) is 0.442. The molecule has 0 radical (unpaired) electrons. The second kappa shape index (κ2) is 5.55. The molecule has 0 N–H and O–H groups in total. The molecule has 2 nitrogen and oxygen atoms in total. The fourth-order valence-corrected chi connectivity index (χ4v) is 2.37. The van der Waals surface area contributed by atoms with Crippen molar-refractivity contribution in [3.8, 4) is 0 Å². The topological polar surface area (TPSA) is 20.3 Å². The van der Waals surface area contributed by atoms with Gasteiger partial charge in [0.1, 0.15) is 0 Å². The summed E-state index contributed by atoms with van der Waals surface area (Å²) >= 11 is 9.40. The molecular formula is C14H11BrClNO. The zero-order valence-corrected chi connectivity index (χ0v) is 12.1. The van der Waals surface area contributed by atoms with E-state index in [2.05, 4.69) is 15.9 Å². The number of para-hydroxylation sites is 1. The molecule has 0 fully saturated rings. The zero-order chi connectivity index (χ0) is 13.1. The molecule has 0 unspecified atom stereocenters. The average Bonchev–Trinajstić information content (AvgIpc) is 2.38. The minimum Gasteiger partial charge on any atom is -0.311 e. The van der Waals surface area contributed by atoms with Gasteiger partial charge in [0.15, 0.2) is 0 Å². The maximum atomic E-state index is 12.3. The van der Waals surface area contributed by atoms with Crippen molar-refractivity contribution < 1.29 is 4.79 Å². The summed E-state index contributed by atoms with van der Waals surface area (Å²) in [5.41, 5.74) is 1.33. The SMILES string of the molecule is CN(C(=O)c1ccc(Br)cc1Cl)c1ccccc1. The smallest absolute Gasteiger partial charge is 0.259 e. The molecule has 0 aromatic heterocycles. The molecule has 2 rings (SSSR count). The molecule has 0 heterocycles. The Bertz CT molecular complexity index is 571. The van der Waals surface area contributed by atoms with Crippen molar-refractivity contribution in [3.05, 3.63) is 63.6 Å². The van der Waals surface area contributed by atoms with Crippen molar-refractivity contribution in [2.75, 3.05) is 11.9 Å². The van der Waals surface area contributed by atoms with Gasteiger partial charge in [0.2, 0.25) is 0 Å². The Hall–Kier alpha value is -1.32. The van der Waals surface area contributed by atoms with Crippen molar-refractivity contribution in [2.24, 2.45) is 0 Å².